The molecule has 1 heterocycles. The number of hydrogen-bond acceptors (Lipinski definition) is 4. The maximum absolute atomic E-state index is 13.1. The molecule has 5 nitrogen and oxygen atoms in total. The Kier molecular flexibility index (Phi) is 4.49. The highest BCUT2D eigenvalue weighted by atomic mass is 19.1. The topological polar surface area (TPSA) is 78.6 Å². The molecule has 21 heavy (non-hydrogen) atoms. The van der Waals surface area contributed by atoms with Crippen molar-refractivity contribution in [1.29, 1.82) is 0 Å². The summed E-state index contributed by atoms with van der Waals surface area (Å²) < 4.78 is 13.1. The first-order valence-corrected chi connectivity index (χ1v) is 7.11. The lowest BCUT2D eigenvalue weighted by Gasteiger charge is -2.39. The van der Waals surface area contributed by atoms with Gasteiger partial charge in [0.25, 0.3) is 0 Å². The Morgan fingerprint density at radius 1 is 1.57 bits per heavy atom. The van der Waals surface area contributed by atoms with Crippen molar-refractivity contribution in [3.8, 4) is 0 Å². The predicted molar refractivity (Wildman–Crippen MR) is 80.3 cm³/mol. The van der Waals surface area contributed by atoms with Crippen LogP contribution in [0.1, 0.15) is 26.7 Å². The lowest BCUT2D eigenvalue weighted by atomic mass is 9.94. The number of likely N-dealkylation sites (tertiary alicyclic amines) is 1. The van der Waals surface area contributed by atoms with Crippen molar-refractivity contribution in [2.75, 3.05) is 24.1 Å². The number of rotatable bonds is 3. The van der Waals surface area contributed by atoms with E-state index in [1.807, 2.05) is 4.90 Å². The average Bonchev–Trinajstić information content (AvgIpc) is 2.41. The van der Waals surface area contributed by atoms with E-state index in [1.54, 1.807) is 13.8 Å². The lowest BCUT2D eigenvalue weighted by Crippen LogP contribution is -2.52. The SMILES string of the molecule is CC(C(=O)Nc1ccc(F)c(N)c1)N1CCCC(C)(O)C1. The van der Waals surface area contributed by atoms with Crippen molar-refractivity contribution in [2.24, 2.45) is 0 Å². The fourth-order valence-corrected chi connectivity index (χ4v) is 2.62. The molecule has 0 spiro atoms. The molecule has 0 aromatic heterocycles. The van der Waals surface area contributed by atoms with Crippen LogP contribution >= 0.6 is 0 Å². The molecular weight excluding hydrogens is 273 g/mol. The number of piperidine rings is 1. The van der Waals surface area contributed by atoms with Gasteiger partial charge in [0.15, 0.2) is 0 Å². The van der Waals surface area contributed by atoms with E-state index < -0.39 is 11.4 Å². The lowest BCUT2D eigenvalue weighted by molar-refractivity contribution is -0.123. The largest absolute Gasteiger partial charge is 0.396 e. The molecule has 116 valence electrons. The zero-order valence-electron chi connectivity index (χ0n) is 12.4. The first kappa shape index (κ1) is 15.7. The van der Waals surface area contributed by atoms with E-state index in [0.717, 1.165) is 19.4 Å². The van der Waals surface area contributed by atoms with Crippen LogP contribution in [-0.2, 0) is 4.79 Å². The summed E-state index contributed by atoms with van der Waals surface area (Å²) in [5.74, 6) is -0.702. The van der Waals surface area contributed by atoms with Gasteiger partial charge >= 0.3 is 0 Å². The Hall–Kier alpha value is -1.66. The smallest absolute Gasteiger partial charge is 0.241 e. The Morgan fingerprint density at radius 3 is 2.90 bits per heavy atom. The van der Waals surface area contributed by atoms with Crippen molar-refractivity contribution in [3.63, 3.8) is 0 Å². The van der Waals surface area contributed by atoms with Crippen LogP contribution in [-0.4, -0.2) is 40.6 Å². The molecule has 2 rings (SSSR count). The van der Waals surface area contributed by atoms with Gasteiger partial charge in [-0.25, -0.2) is 4.39 Å². The maximum Gasteiger partial charge on any atom is 0.241 e. The van der Waals surface area contributed by atoms with Gasteiger partial charge in [-0.1, -0.05) is 0 Å². The molecule has 2 atom stereocenters. The summed E-state index contributed by atoms with van der Waals surface area (Å²) in [6.07, 6.45) is 1.60. The third kappa shape index (κ3) is 3.92. The molecule has 0 saturated carbocycles. The van der Waals surface area contributed by atoms with Crippen molar-refractivity contribution in [3.05, 3.63) is 24.0 Å². The van der Waals surface area contributed by atoms with Crippen LogP contribution in [0.5, 0.6) is 0 Å². The van der Waals surface area contributed by atoms with E-state index in [0.29, 0.717) is 12.2 Å². The van der Waals surface area contributed by atoms with Gasteiger partial charge in [-0.3, -0.25) is 9.69 Å². The van der Waals surface area contributed by atoms with Crippen LogP contribution in [0, 0.1) is 5.82 Å². The fraction of sp³-hybridized carbons (Fsp3) is 0.533. The van der Waals surface area contributed by atoms with Gasteiger partial charge in [0.05, 0.1) is 17.3 Å². The van der Waals surface area contributed by atoms with E-state index >= 15 is 0 Å². The quantitative estimate of drug-likeness (QED) is 0.740. The number of halogens is 1. The molecule has 2 unspecified atom stereocenters. The number of nitrogens with two attached hydrogens (primary N) is 1. The van der Waals surface area contributed by atoms with Crippen LogP contribution in [0.2, 0.25) is 0 Å². The van der Waals surface area contributed by atoms with E-state index in [-0.39, 0.29) is 17.6 Å². The molecule has 1 amide bonds. The molecule has 1 saturated heterocycles. The fourth-order valence-electron chi connectivity index (χ4n) is 2.62. The molecular formula is C15H22FN3O2. The summed E-state index contributed by atoms with van der Waals surface area (Å²) in [6.45, 7) is 4.82. The molecule has 4 N–H and O–H groups in total. The Labute approximate surface area is 123 Å². The number of aliphatic hydroxyl groups is 1. The minimum absolute atomic E-state index is 0.00126. The average molecular weight is 295 g/mol. The molecule has 0 bridgehead atoms. The minimum atomic E-state index is -0.757. The number of β-amino-alcohol motifs (C(OH)–C–C–N with tert-alkyl or cyclic N) is 1. The normalized spacial score (nSPS) is 24.6. The number of nitrogens with zero attached hydrogens (tertiary/aromatic N) is 1. The third-order valence-electron chi connectivity index (χ3n) is 3.90. The van der Waals surface area contributed by atoms with Crippen molar-refractivity contribution < 1.29 is 14.3 Å². The minimum Gasteiger partial charge on any atom is -0.396 e. The number of amides is 1. The maximum atomic E-state index is 13.1. The second kappa shape index (κ2) is 5.99. The molecule has 6 heteroatoms. The van der Waals surface area contributed by atoms with Gasteiger partial charge in [-0.05, 0) is 51.4 Å². The zero-order valence-corrected chi connectivity index (χ0v) is 12.4. The van der Waals surface area contributed by atoms with Crippen LogP contribution in [0.4, 0.5) is 15.8 Å². The van der Waals surface area contributed by atoms with Gasteiger partial charge in [0, 0.05) is 12.2 Å². The predicted octanol–water partition coefficient (Wildman–Crippen LogP) is 1.58. The first-order valence-electron chi connectivity index (χ1n) is 7.11. The second-order valence-electron chi connectivity index (χ2n) is 5.97. The molecule has 1 aliphatic rings. The van der Waals surface area contributed by atoms with Crippen molar-refractivity contribution >= 4 is 17.3 Å². The number of carbonyl (C=O) groups is 1. The van der Waals surface area contributed by atoms with Crippen LogP contribution in [0.15, 0.2) is 18.2 Å². The van der Waals surface area contributed by atoms with Crippen molar-refractivity contribution in [1.82, 2.24) is 4.90 Å². The van der Waals surface area contributed by atoms with Gasteiger partial charge < -0.3 is 16.2 Å². The van der Waals surface area contributed by atoms with E-state index in [2.05, 4.69) is 5.32 Å². The number of anilines is 2. The zero-order chi connectivity index (χ0) is 15.6. The van der Waals surface area contributed by atoms with Crippen molar-refractivity contribution in [2.45, 2.75) is 38.3 Å². The van der Waals surface area contributed by atoms with Crippen LogP contribution in [0.3, 0.4) is 0 Å². The van der Waals surface area contributed by atoms with Crippen LogP contribution < -0.4 is 11.1 Å². The van der Waals surface area contributed by atoms with E-state index in [4.69, 9.17) is 5.73 Å². The van der Waals surface area contributed by atoms with E-state index in [1.165, 1.54) is 18.2 Å². The summed E-state index contributed by atoms with van der Waals surface area (Å²) in [5.41, 5.74) is 5.19. The number of carbonyl (C=O) groups excluding carboxylic acids is 1. The highest BCUT2D eigenvalue weighted by Crippen LogP contribution is 2.23. The molecule has 0 radical (unpaired) electrons. The summed E-state index contributed by atoms with van der Waals surface area (Å²) in [5, 5.41) is 12.8. The van der Waals surface area contributed by atoms with Gasteiger partial charge in [0.1, 0.15) is 5.82 Å². The second-order valence-corrected chi connectivity index (χ2v) is 5.97. The molecule has 1 aromatic rings. The first-order chi connectivity index (χ1) is 9.78. The summed E-state index contributed by atoms with van der Waals surface area (Å²) in [6, 6.07) is 3.72. The number of benzene rings is 1. The van der Waals surface area contributed by atoms with Crippen LogP contribution in [0.25, 0.3) is 0 Å². The number of nitrogen functional groups attached to an aromatic ring is 1. The van der Waals surface area contributed by atoms with Gasteiger partial charge in [-0.15, -0.1) is 0 Å². The summed E-state index contributed by atoms with van der Waals surface area (Å²) >= 11 is 0. The highest BCUT2D eigenvalue weighted by Gasteiger charge is 2.33. The third-order valence-corrected chi connectivity index (χ3v) is 3.90. The number of nitrogens with one attached hydrogen (secondary N) is 1. The summed E-state index contributed by atoms with van der Waals surface area (Å²) in [4.78, 5) is 14.2. The van der Waals surface area contributed by atoms with Gasteiger partial charge in [0.2, 0.25) is 5.91 Å². The monoisotopic (exact) mass is 295 g/mol. The number of hydrogen-bond donors (Lipinski definition) is 3. The summed E-state index contributed by atoms with van der Waals surface area (Å²) in [7, 11) is 0. The Bertz CT molecular complexity index is 534. The molecule has 0 aliphatic carbocycles. The molecule has 1 aromatic carbocycles. The Morgan fingerprint density at radius 2 is 2.29 bits per heavy atom. The standard InChI is InChI=1S/C15H22FN3O2/c1-10(19-7-3-6-15(2,21)9-19)14(20)18-11-4-5-12(16)13(17)8-11/h4-5,8,10,21H,3,6-7,9,17H2,1-2H3,(H,18,20). The molecule has 1 aliphatic heterocycles. The molecule has 1 fully saturated rings. The van der Waals surface area contributed by atoms with E-state index in [9.17, 15) is 14.3 Å². The van der Waals surface area contributed by atoms with Gasteiger partial charge in [-0.2, -0.15) is 0 Å². The highest BCUT2D eigenvalue weighted by molar-refractivity contribution is 5.94. The Balaban J connectivity index is 2.00.